The van der Waals surface area contributed by atoms with Crippen molar-refractivity contribution in [3.63, 3.8) is 0 Å². The van der Waals surface area contributed by atoms with E-state index in [2.05, 4.69) is 50.8 Å². The van der Waals surface area contributed by atoms with Crippen LogP contribution in [0.4, 0.5) is 5.69 Å². The number of carbonyl (C=O) groups is 1. The Morgan fingerprint density at radius 2 is 1.94 bits per heavy atom. The summed E-state index contributed by atoms with van der Waals surface area (Å²) in [4.78, 5) is 14.0. The molecule has 1 aliphatic heterocycles. The highest BCUT2D eigenvalue weighted by atomic mass is 16.1. The second-order valence-electron chi connectivity index (χ2n) is 5.73. The van der Waals surface area contributed by atoms with Gasteiger partial charge in [0.15, 0.2) is 5.78 Å². The summed E-state index contributed by atoms with van der Waals surface area (Å²) in [6.45, 7) is 9.21. The van der Waals surface area contributed by atoms with Gasteiger partial charge in [0.25, 0.3) is 0 Å². The van der Waals surface area contributed by atoms with Crippen molar-refractivity contribution < 1.29 is 4.79 Å². The summed E-state index contributed by atoms with van der Waals surface area (Å²) in [5.41, 5.74) is 3.78. The molecule has 0 aromatic heterocycles. The summed E-state index contributed by atoms with van der Waals surface area (Å²) in [6, 6.07) is 6.45. The maximum absolute atomic E-state index is 11.7. The highest BCUT2D eigenvalue weighted by Gasteiger charge is 2.33. The molecule has 2 heteroatoms. The fourth-order valence-corrected chi connectivity index (χ4v) is 2.47. The number of carbonyl (C=O) groups excluding carboxylic acids is 1. The first-order chi connectivity index (χ1) is 7.90. The van der Waals surface area contributed by atoms with Crippen LogP contribution in [-0.2, 0) is 4.79 Å². The van der Waals surface area contributed by atoms with Gasteiger partial charge in [0, 0.05) is 17.6 Å². The minimum absolute atomic E-state index is 0.0759. The molecule has 1 aliphatic rings. The smallest absolute Gasteiger partial charge is 0.152 e. The van der Waals surface area contributed by atoms with Gasteiger partial charge >= 0.3 is 0 Å². The Hall–Kier alpha value is -1.31. The number of hydrogen-bond acceptors (Lipinski definition) is 2. The maximum atomic E-state index is 11.7. The number of nitrogens with zero attached hydrogens (tertiary/aromatic N) is 1. The molecule has 0 radical (unpaired) electrons. The fourth-order valence-electron chi connectivity index (χ4n) is 2.47. The van der Waals surface area contributed by atoms with Crippen LogP contribution in [-0.4, -0.2) is 17.9 Å². The third-order valence-corrected chi connectivity index (χ3v) is 3.74. The van der Waals surface area contributed by atoms with Crippen molar-refractivity contribution in [3.05, 3.63) is 29.3 Å². The van der Waals surface area contributed by atoms with Gasteiger partial charge < -0.3 is 4.90 Å². The molecule has 0 bridgehead atoms. The number of benzene rings is 1. The highest BCUT2D eigenvalue weighted by Crippen LogP contribution is 2.33. The van der Waals surface area contributed by atoms with Crippen molar-refractivity contribution in [1.29, 1.82) is 0 Å². The summed E-state index contributed by atoms with van der Waals surface area (Å²) < 4.78 is 0. The van der Waals surface area contributed by atoms with Gasteiger partial charge in [-0.3, -0.25) is 4.79 Å². The second kappa shape index (κ2) is 4.17. The number of anilines is 1. The molecule has 2 nitrogen and oxygen atoms in total. The average molecular weight is 231 g/mol. The third kappa shape index (κ3) is 2.36. The molecule has 1 aromatic carbocycles. The fraction of sp³-hybridized carbons (Fsp3) is 0.533. The van der Waals surface area contributed by atoms with E-state index in [9.17, 15) is 4.79 Å². The third-order valence-electron chi connectivity index (χ3n) is 3.74. The molecule has 92 valence electrons. The number of hydrogen-bond donors (Lipinski definition) is 0. The van der Waals surface area contributed by atoms with Crippen LogP contribution in [0.15, 0.2) is 18.2 Å². The standard InChI is InChI=1S/C15H21NO/c1-11-5-6-12(2)14(9-11)16-10-13(17)7-8-15(16,3)4/h5-6,9H,7-8,10H2,1-4H3. The van der Waals surface area contributed by atoms with Crippen LogP contribution in [0, 0.1) is 13.8 Å². The minimum Gasteiger partial charge on any atom is -0.359 e. The molecule has 0 spiro atoms. The lowest BCUT2D eigenvalue weighted by Crippen LogP contribution is -2.51. The van der Waals surface area contributed by atoms with E-state index in [1.807, 2.05) is 0 Å². The van der Waals surface area contributed by atoms with E-state index in [1.165, 1.54) is 16.8 Å². The van der Waals surface area contributed by atoms with Crippen molar-refractivity contribution in [2.24, 2.45) is 0 Å². The van der Waals surface area contributed by atoms with Crippen LogP contribution in [0.1, 0.15) is 37.8 Å². The Labute approximate surface area is 104 Å². The molecule has 0 aliphatic carbocycles. The Bertz CT molecular complexity index is 448. The van der Waals surface area contributed by atoms with E-state index >= 15 is 0 Å². The zero-order chi connectivity index (χ0) is 12.6. The SMILES string of the molecule is Cc1ccc(C)c(N2CC(=O)CCC2(C)C)c1. The molecule has 1 heterocycles. The predicted octanol–water partition coefficient (Wildman–Crippen LogP) is 3.25. The van der Waals surface area contributed by atoms with Crippen LogP contribution in [0.3, 0.4) is 0 Å². The van der Waals surface area contributed by atoms with Crippen LogP contribution < -0.4 is 4.90 Å². The summed E-state index contributed by atoms with van der Waals surface area (Å²) in [5.74, 6) is 0.352. The van der Waals surface area contributed by atoms with Gasteiger partial charge in [-0.15, -0.1) is 0 Å². The van der Waals surface area contributed by atoms with E-state index in [-0.39, 0.29) is 5.54 Å². The van der Waals surface area contributed by atoms with E-state index < -0.39 is 0 Å². The maximum Gasteiger partial charge on any atom is 0.152 e. The van der Waals surface area contributed by atoms with Crippen LogP contribution in [0.5, 0.6) is 0 Å². The zero-order valence-electron chi connectivity index (χ0n) is 11.2. The molecule has 0 atom stereocenters. The molecule has 0 amide bonds. The molecule has 0 saturated carbocycles. The lowest BCUT2D eigenvalue weighted by molar-refractivity contribution is -0.119. The molecule has 1 saturated heterocycles. The van der Waals surface area contributed by atoms with Crippen molar-refractivity contribution in [1.82, 2.24) is 0 Å². The van der Waals surface area contributed by atoms with Gasteiger partial charge in [0.1, 0.15) is 0 Å². The van der Waals surface area contributed by atoms with Crippen molar-refractivity contribution >= 4 is 11.5 Å². The van der Waals surface area contributed by atoms with Gasteiger partial charge in [0.2, 0.25) is 0 Å². The van der Waals surface area contributed by atoms with Crippen molar-refractivity contribution in [2.75, 3.05) is 11.4 Å². The quantitative estimate of drug-likeness (QED) is 0.739. The van der Waals surface area contributed by atoms with Crippen molar-refractivity contribution in [3.8, 4) is 0 Å². The molecule has 17 heavy (non-hydrogen) atoms. The monoisotopic (exact) mass is 231 g/mol. The number of rotatable bonds is 1. The Morgan fingerprint density at radius 1 is 1.24 bits per heavy atom. The van der Waals surface area contributed by atoms with E-state index in [4.69, 9.17) is 0 Å². The summed E-state index contributed by atoms with van der Waals surface area (Å²) in [7, 11) is 0. The zero-order valence-corrected chi connectivity index (χ0v) is 11.2. The number of aryl methyl sites for hydroxylation is 2. The van der Waals surface area contributed by atoms with E-state index in [0.29, 0.717) is 18.7 Å². The molecular weight excluding hydrogens is 210 g/mol. The van der Waals surface area contributed by atoms with E-state index in [0.717, 1.165) is 6.42 Å². The largest absolute Gasteiger partial charge is 0.359 e. The van der Waals surface area contributed by atoms with Crippen LogP contribution >= 0.6 is 0 Å². The Kier molecular flexibility index (Phi) is 2.98. The first kappa shape index (κ1) is 12.2. The Morgan fingerprint density at radius 3 is 2.65 bits per heavy atom. The molecule has 1 fully saturated rings. The van der Waals surface area contributed by atoms with Crippen LogP contribution in [0.25, 0.3) is 0 Å². The molecule has 0 N–H and O–H groups in total. The van der Waals surface area contributed by atoms with Crippen LogP contribution in [0.2, 0.25) is 0 Å². The first-order valence-electron chi connectivity index (χ1n) is 6.27. The molecule has 1 aromatic rings. The van der Waals surface area contributed by atoms with E-state index in [1.54, 1.807) is 0 Å². The number of Topliss-reactive ketones (excluding diaryl/α,β-unsaturated/α-hetero) is 1. The normalized spacial score (nSPS) is 19.5. The summed E-state index contributed by atoms with van der Waals surface area (Å²) in [6.07, 6.45) is 1.66. The molecule has 2 rings (SSSR count). The Balaban J connectivity index is 2.42. The summed E-state index contributed by atoms with van der Waals surface area (Å²) in [5, 5.41) is 0. The van der Waals surface area contributed by atoms with Gasteiger partial charge in [-0.05, 0) is 51.3 Å². The number of ketones is 1. The van der Waals surface area contributed by atoms with Crippen molar-refractivity contribution in [2.45, 2.75) is 46.1 Å². The first-order valence-corrected chi connectivity index (χ1v) is 6.27. The van der Waals surface area contributed by atoms with Gasteiger partial charge in [-0.2, -0.15) is 0 Å². The topological polar surface area (TPSA) is 20.3 Å². The molecule has 0 unspecified atom stereocenters. The average Bonchev–Trinajstić information content (AvgIpc) is 2.26. The lowest BCUT2D eigenvalue weighted by atomic mass is 9.88. The van der Waals surface area contributed by atoms with Gasteiger partial charge in [0.05, 0.1) is 6.54 Å². The summed E-state index contributed by atoms with van der Waals surface area (Å²) >= 11 is 0. The number of piperidine rings is 1. The lowest BCUT2D eigenvalue weighted by Gasteiger charge is -2.44. The predicted molar refractivity (Wildman–Crippen MR) is 71.6 cm³/mol. The molecular formula is C15H21NO. The minimum atomic E-state index is 0.0759. The van der Waals surface area contributed by atoms with Gasteiger partial charge in [-0.1, -0.05) is 12.1 Å². The highest BCUT2D eigenvalue weighted by molar-refractivity contribution is 5.85. The second-order valence-corrected chi connectivity index (χ2v) is 5.73. The van der Waals surface area contributed by atoms with Gasteiger partial charge in [-0.25, -0.2) is 0 Å².